The first-order valence-electron chi connectivity index (χ1n) is 7.52. The van der Waals surface area contributed by atoms with Crippen molar-refractivity contribution in [2.24, 2.45) is 0 Å². The second-order valence-electron chi connectivity index (χ2n) is 5.47. The third-order valence-electron chi connectivity index (χ3n) is 4.01. The van der Waals surface area contributed by atoms with Crippen molar-refractivity contribution in [3.63, 3.8) is 0 Å². The molecule has 0 radical (unpaired) electrons. The molecule has 6 nitrogen and oxygen atoms in total. The second kappa shape index (κ2) is 7.20. The number of thiophene rings is 1. The van der Waals surface area contributed by atoms with Gasteiger partial charge in [0.1, 0.15) is 11.1 Å². The van der Waals surface area contributed by atoms with Gasteiger partial charge in [0.15, 0.2) is 6.29 Å². The number of hydrogen-bond acceptors (Lipinski definition) is 6. The Morgan fingerprint density at radius 1 is 1.45 bits per heavy atom. The largest absolute Gasteiger partial charge is 0.349 e. The monoisotopic (exact) mass is 321 g/mol. The zero-order valence-electron chi connectivity index (χ0n) is 12.3. The van der Waals surface area contributed by atoms with E-state index >= 15 is 0 Å². The highest BCUT2D eigenvalue weighted by molar-refractivity contribution is 7.14. The average molecular weight is 321 g/mol. The number of piperidine rings is 1. The van der Waals surface area contributed by atoms with Crippen LogP contribution in [0.25, 0.3) is 0 Å². The summed E-state index contributed by atoms with van der Waals surface area (Å²) in [6.07, 6.45) is 2.99. The summed E-state index contributed by atoms with van der Waals surface area (Å²) in [5.74, 6) is -0.0937. The molecule has 0 spiro atoms. The van der Waals surface area contributed by atoms with E-state index in [1.165, 1.54) is 11.3 Å². The first-order chi connectivity index (χ1) is 10.8. The van der Waals surface area contributed by atoms with E-state index in [1.54, 1.807) is 11.4 Å². The molecule has 1 aromatic heterocycles. The Labute approximate surface area is 133 Å². The molecule has 1 aromatic rings. The number of carbonyl (C=O) groups excluding carboxylic acids is 1. The summed E-state index contributed by atoms with van der Waals surface area (Å²) in [5.41, 5.74) is 0.510. The number of nitrogens with one attached hydrogen (secondary N) is 1. The van der Waals surface area contributed by atoms with Gasteiger partial charge in [-0.15, -0.1) is 11.3 Å². The Morgan fingerprint density at radius 3 is 3.05 bits per heavy atom. The molecule has 1 amide bonds. The summed E-state index contributed by atoms with van der Waals surface area (Å²) in [7, 11) is 0. The van der Waals surface area contributed by atoms with Gasteiger partial charge >= 0.3 is 0 Å². The zero-order chi connectivity index (χ0) is 15.4. The van der Waals surface area contributed by atoms with Crippen molar-refractivity contribution >= 4 is 22.2 Å². The van der Waals surface area contributed by atoms with Gasteiger partial charge in [0, 0.05) is 0 Å². The Bertz CT molecular complexity index is 563. The maximum absolute atomic E-state index is 12.3. The molecule has 3 rings (SSSR count). The highest BCUT2D eigenvalue weighted by Gasteiger charge is 2.34. The molecule has 2 fully saturated rings. The molecule has 2 aliphatic rings. The van der Waals surface area contributed by atoms with E-state index in [0.29, 0.717) is 30.3 Å². The van der Waals surface area contributed by atoms with Crippen LogP contribution in [0.1, 0.15) is 24.8 Å². The molecule has 1 N–H and O–H groups in total. The van der Waals surface area contributed by atoms with Crippen molar-refractivity contribution in [1.29, 1.82) is 5.26 Å². The molecule has 0 bridgehead atoms. The molecule has 0 saturated carbocycles. The third kappa shape index (κ3) is 3.47. The predicted octanol–water partition coefficient (Wildman–Crippen LogP) is 1.79. The van der Waals surface area contributed by atoms with Gasteiger partial charge in [0.2, 0.25) is 5.91 Å². The van der Waals surface area contributed by atoms with E-state index < -0.39 is 0 Å². The van der Waals surface area contributed by atoms with Gasteiger partial charge in [-0.2, -0.15) is 5.26 Å². The van der Waals surface area contributed by atoms with Gasteiger partial charge in [-0.25, -0.2) is 0 Å². The van der Waals surface area contributed by atoms with Crippen LogP contribution in [-0.4, -0.2) is 49.4 Å². The summed E-state index contributed by atoms with van der Waals surface area (Å²) in [5, 5.41) is 14.2. The quantitative estimate of drug-likeness (QED) is 0.915. The minimum Gasteiger partial charge on any atom is -0.349 e. The molecule has 118 valence electrons. The van der Waals surface area contributed by atoms with Crippen LogP contribution < -0.4 is 5.32 Å². The van der Waals surface area contributed by atoms with Crippen LogP contribution >= 0.6 is 11.3 Å². The van der Waals surface area contributed by atoms with E-state index in [2.05, 4.69) is 16.3 Å². The lowest BCUT2D eigenvalue weighted by atomic mass is 10.0. The lowest BCUT2D eigenvalue weighted by molar-refractivity contribution is -0.127. The van der Waals surface area contributed by atoms with Crippen LogP contribution in [-0.2, 0) is 14.3 Å². The number of ether oxygens (including phenoxy) is 2. The summed E-state index contributed by atoms with van der Waals surface area (Å²) < 4.78 is 11.2. The lowest BCUT2D eigenvalue weighted by Crippen LogP contribution is -2.50. The van der Waals surface area contributed by atoms with E-state index in [0.717, 1.165) is 25.8 Å². The fourth-order valence-corrected chi connectivity index (χ4v) is 3.72. The van der Waals surface area contributed by atoms with Crippen LogP contribution in [0.4, 0.5) is 5.00 Å². The van der Waals surface area contributed by atoms with Crippen molar-refractivity contribution in [2.45, 2.75) is 31.6 Å². The maximum atomic E-state index is 12.3. The van der Waals surface area contributed by atoms with Gasteiger partial charge in [-0.3, -0.25) is 9.69 Å². The Morgan fingerprint density at radius 2 is 2.27 bits per heavy atom. The van der Waals surface area contributed by atoms with Gasteiger partial charge in [0.25, 0.3) is 0 Å². The van der Waals surface area contributed by atoms with Crippen LogP contribution in [0.15, 0.2) is 11.4 Å². The Kier molecular flexibility index (Phi) is 5.05. The number of anilines is 1. The SMILES string of the molecule is N#Cc1ccsc1NC(=O)CN1CCCC[C@@H]1C1OCCO1. The molecule has 2 saturated heterocycles. The smallest absolute Gasteiger partial charge is 0.239 e. The normalized spacial score (nSPS) is 23.3. The topological polar surface area (TPSA) is 74.6 Å². The zero-order valence-corrected chi connectivity index (χ0v) is 13.1. The number of rotatable bonds is 4. The molecule has 0 aliphatic carbocycles. The van der Waals surface area contributed by atoms with Crippen molar-refractivity contribution in [3.8, 4) is 6.07 Å². The van der Waals surface area contributed by atoms with Gasteiger partial charge in [-0.05, 0) is 30.8 Å². The number of hydrogen-bond donors (Lipinski definition) is 1. The summed E-state index contributed by atoms with van der Waals surface area (Å²) in [6.45, 7) is 2.43. The van der Waals surface area contributed by atoms with E-state index in [-0.39, 0.29) is 18.2 Å². The summed E-state index contributed by atoms with van der Waals surface area (Å²) in [4.78, 5) is 14.4. The van der Waals surface area contributed by atoms with Crippen molar-refractivity contribution in [3.05, 3.63) is 17.0 Å². The Hall–Kier alpha value is -1.46. The highest BCUT2D eigenvalue weighted by atomic mass is 32.1. The van der Waals surface area contributed by atoms with Crippen molar-refractivity contribution in [2.75, 3.05) is 31.6 Å². The number of nitrogens with zero attached hydrogens (tertiary/aromatic N) is 2. The van der Waals surface area contributed by atoms with Crippen LogP contribution in [0, 0.1) is 11.3 Å². The fourth-order valence-electron chi connectivity index (χ4n) is 2.96. The first kappa shape index (κ1) is 15.4. The highest BCUT2D eigenvalue weighted by Crippen LogP contribution is 2.25. The van der Waals surface area contributed by atoms with E-state index in [9.17, 15) is 4.79 Å². The van der Waals surface area contributed by atoms with Crippen molar-refractivity contribution in [1.82, 2.24) is 4.90 Å². The van der Waals surface area contributed by atoms with Crippen molar-refractivity contribution < 1.29 is 14.3 Å². The first-order valence-corrected chi connectivity index (χ1v) is 8.40. The standard InChI is InChI=1S/C15H19N3O3S/c16-9-11-4-8-22-14(11)17-13(19)10-18-5-2-1-3-12(18)15-20-6-7-21-15/h4,8,12,15H,1-3,5-7,10H2,(H,17,19)/t12-/m1/s1. The molecule has 0 aromatic carbocycles. The molecule has 0 unspecified atom stereocenters. The third-order valence-corrected chi connectivity index (χ3v) is 4.84. The summed E-state index contributed by atoms with van der Waals surface area (Å²) >= 11 is 1.37. The molecular formula is C15H19N3O3S. The lowest BCUT2D eigenvalue weighted by Gasteiger charge is -2.37. The molecular weight excluding hydrogens is 302 g/mol. The van der Waals surface area contributed by atoms with E-state index in [4.69, 9.17) is 14.7 Å². The second-order valence-corrected chi connectivity index (χ2v) is 6.38. The van der Waals surface area contributed by atoms with Gasteiger partial charge in [-0.1, -0.05) is 6.42 Å². The number of carbonyl (C=O) groups is 1. The van der Waals surface area contributed by atoms with Crippen LogP contribution in [0.5, 0.6) is 0 Å². The van der Waals surface area contributed by atoms with E-state index in [1.807, 2.05) is 0 Å². The molecule has 1 atom stereocenters. The maximum Gasteiger partial charge on any atom is 0.239 e. The predicted molar refractivity (Wildman–Crippen MR) is 82.6 cm³/mol. The number of amides is 1. The number of likely N-dealkylation sites (tertiary alicyclic amines) is 1. The fraction of sp³-hybridized carbons (Fsp3) is 0.600. The summed E-state index contributed by atoms with van der Waals surface area (Å²) in [6, 6.07) is 3.93. The minimum atomic E-state index is -0.218. The van der Waals surface area contributed by atoms with Gasteiger partial charge in [0.05, 0.1) is 31.4 Å². The van der Waals surface area contributed by atoms with Crippen LogP contribution in [0.2, 0.25) is 0 Å². The molecule has 2 aliphatic heterocycles. The number of nitriles is 1. The molecule has 7 heteroatoms. The molecule has 3 heterocycles. The molecule has 22 heavy (non-hydrogen) atoms. The Balaban J connectivity index is 1.60. The average Bonchev–Trinajstić information content (AvgIpc) is 3.18. The minimum absolute atomic E-state index is 0.0937. The van der Waals surface area contributed by atoms with Gasteiger partial charge < -0.3 is 14.8 Å². The van der Waals surface area contributed by atoms with Crippen LogP contribution in [0.3, 0.4) is 0 Å².